The summed E-state index contributed by atoms with van der Waals surface area (Å²) in [6, 6.07) is 2.41. The summed E-state index contributed by atoms with van der Waals surface area (Å²) in [5.74, 6) is 0.844. The molecule has 0 bridgehead atoms. The standard InChI is InChI=1S/C21H28/c1-6-16-11-18-12-21(5,7-2)13-20(18)15(4)19(16)10-14(3)17-8-9-17/h6,10-11,17H,1,7-9,12-13H2,2-5H3/b14-10+. The SMILES string of the molecule is C=Cc1cc2c(c(C)c1/C=C(\C)C1CC1)CC(C)(CC)C2. The summed E-state index contributed by atoms with van der Waals surface area (Å²) in [6.45, 7) is 13.4. The van der Waals surface area contributed by atoms with Gasteiger partial charge in [-0.1, -0.05) is 50.6 Å². The van der Waals surface area contributed by atoms with Crippen LogP contribution in [0.5, 0.6) is 0 Å². The zero-order chi connectivity index (χ0) is 15.2. The molecule has 0 aliphatic heterocycles. The molecular formula is C21H28. The van der Waals surface area contributed by atoms with Gasteiger partial charge in [0.05, 0.1) is 0 Å². The molecule has 1 aromatic rings. The van der Waals surface area contributed by atoms with Crippen LogP contribution in [0.4, 0.5) is 0 Å². The lowest BCUT2D eigenvalue weighted by molar-refractivity contribution is 0.332. The van der Waals surface area contributed by atoms with Crippen LogP contribution in [0.1, 0.15) is 67.9 Å². The number of rotatable bonds is 4. The van der Waals surface area contributed by atoms with Crippen LogP contribution in [0.2, 0.25) is 0 Å². The van der Waals surface area contributed by atoms with Crippen LogP contribution in [0.25, 0.3) is 12.2 Å². The van der Waals surface area contributed by atoms with Crippen molar-refractivity contribution in [2.45, 2.75) is 59.8 Å². The van der Waals surface area contributed by atoms with Gasteiger partial charge in [-0.2, -0.15) is 0 Å². The molecule has 0 N–H and O–H groups in total. The molecule has 0 radical (unpaired) electrons. The average Bonchev–Trinajstić information content (AvgIpc) is 3.25. The molecule has 0 saturated heterocycles. The van der Waals surface area contributed by atoms with Gasteiger partial charge in [0.25, 0.3) is 0 Å². The van der Waals surface area contributed by atoms with Gasteiger partial charge >= 0.3 is 0 Å². The lowest BCUT2D eigenvalue weighted by atomic mass is 9.84. The molecule has 21 heavy (non-hydrogen) atoms. The highest BCUT2D eigenvalue weighted by Crippen LogP contribution is 2.43. The van der Waals surface area contributed by atoms with Crippen LogP contribution in [-0.4, -0.2) is 0 Å². The quantitative estimate of drug-likeness (QED) is 0.637. The number of allylic oxidation sites excluding steroid dienone is 1. The Morgan fingerprint density at radius 1 is 1.38 bits per heavy atom. The lowest BCUT2D eigenvalue weighted by Crippen LogP contribution is -2.14. The molecule has 1 aromatic carbocycles. The number of fused-ring (bicyclic) bond motifs is 1. The maximum Gasteiger partial charge on any atom is -0.0152 e. The molecule has 2 aliphatic carbocycles. The zero-order valence-electron chi connectivity index (χ0n) is 14.1. The normalized spacial score (nSPS) is 25.0. The summed E-state index contributed by atoms with van der Waals surface area (Å²) in [5.41, 5.74) is 9.43. The lowest BCUT2D eigenvalue weighted by Gasteiger charge is -2.20. The highest BCUT2D eigenvalue weighted by atomic mass is 14.4. The largest absolute Gasteiger partial charge is 0.0984 e. The summed E-state index contributed by atoms with van der Waals surface area (Å²) in [5, 5.41) is 0. The number of hydrogen-bond donors (Lipinski definition) is 0. The summed E-state index contributed by atoms with van der Waals surface area (Å²) in [6.07, 6.45) is 11.0. The first-order chi connectivity index (χ1) is 9.97. The van der Waals surface area contributed by atoms with E-state index in [1.54, 1.807) is 16.7 Å². The molecule has 0 aromatic heterocycles. The predicted molar refractivity (Wildman–Crippen MR) is 93.5 cm³/mol. The van der Waals surface area contributed by atoms with Gasteiger partial charge < -0.3 is 0 Å². The third-order valence-corrected chi connectivity index (χ3v) is 5.77. The van der Waals surface area contributed by atoms with Gasteiger partial charge in [0, 0.05) is 0 Å². The van der Waals surface area contributed by atoms with Crippen LogP contribution in [-0.2, 0) is 12.8 Å². The van der Waals surface area contributed by atoms with Crippen LogP contribution >= 0.6 is 0 Å². The minimum atomic E-state index is 0.458. The fraction of sp³-hybridized carbons (Fsp3) is 0.524. The van der Waals surface area contributed by atoms with E-state index in [1.807, 2.05) is 6.08 Å². The predicted octanol–water partition coefficient (Wildman–Crippen LogP) is 5.97. The van der Waals surface area contributed by atoms with E-state index in [9.17, 15) is 0 Å². The van der Waals surface area contributed by atoms with Crippen molar-refractivity contribution >= 4 is 12.2 Å². The van der Waals surface area contributed by atoms with Crippen molar-refractivity contribution in [3.05, 3.63) is 46.0 Å². The van der Waals surface area contributed by atoms with Crippen molar-refractivity contribution in [3.63, 3.8) is 0 Å². The first-order valence-electron chi connectivity index (χ1n) is 8.43. The number of benzene rings is 1. The van der Waals surface area contributed by atoms with Gasteiger partial charge in [0.2, 0.25) is 0 Å². The van der Waals surface area contributed by atoms with Crippen LogP contribution in [0.15, 0.2) is 18.2 Å². The van der Waals surface area contributed by atoms with E-state index in [4.69, 9.17) is 0 Å². The first kappa shape index (κ1) is 14.6. The van der Waals surface area contributed by atoms with E-state index in [1.165, 1.54) is 48.8 Å². The maximum absolute atomic E-state index is 4.05. The second-order valence-corrected chi connectivity index (χ2v) is 7.53. The van der Waals surface area contributed by atoms with E-state index in [2.05, 4.69) is 46.4 Å². The van der Waals surface area contributed by atoms with Gasteiger partial charge in [-0.3, -0.25) is 0 Å². The van der Waals surface area contributed by atoms with Crippen molar-refractivity contribution in [2.75, 3.05) is 0 Å². The van der Waals surface area contributed by atoms with E-state index in [-0.39, 0.29) is 0 Å². The van der Waals surface area contributed by atoms with E-state index < -0.39 is 0 Å². The highest BCUT2D eigenvalue weighted by Gasteiger charge is 2.33. The molecular weight excluding hydrogens is 252 g/mol. The van der Waals surface area contributed by atoms with Crippen molar-refractivity contribution in [1.29, 1.82) is 0 Å². The molecule has 0 heteroatoms. The molecule has 112 valence electrons. The smallest absolute Gasteiger partial charge is 0.0152 e. The highest BCUT2D eigenvalue weighted by molar-refractivity contribution is 5.71. The molecule has 0 heterocycles. The molecule has 1 atom stereocenters. The molecule has 0 amide bonds. The number of hydrogen-bond acceptors (Lipinski definition) is 0. The summed E-state index contributed by atoms with van der Waals surface area (Å²) >= 11 is 0. The van der Waals surface area contributed by atoms with Gasteiger partial charge in [-0.05, 0) is 78.7 Å². The van der Waals surface area contributed by atoms with Gasteiger partial charge in [0.15, 0.2) is 0 Å². The molecule has 1 fully saturated rings. The molecule has 1 saturated carbocycles. The molecule has 0 nitrogen and oxygen atoms in total. The van der Waals surface area contributed by atoms with Gasteiger partial charge in [-0.15, -0.1) is 0 Å². The summed E-state index contributed by atoms with van der Waals surface area (Å²) < 4.78 is 0. The van der Waals surface area contributed by atoms with Crippen molar-refractivity contribution in [2.24, 2.45) is 11.3 Å². The van der Waals surface area contributed by atoms with Crippen LogP contribution in [0, 0.1) is 18.3 Å². The van der Waals surface area contributed by atoms with Crippen LogP contribution in [0.3, 0.4) is 0 Å². The minimum absolute atomic E-state index is 0.458. The summed E-state index contributed by atoms with van der Waals surface area (Å²) in [7, 11) is 0. The van der Waals surface area contributed by atoms with Gasteiger partial charge in [-0.25, -0.2) is 0 Å². The van der Waals surface area contributed by atoms with Crippen molar-refractivity contribution in [1.82, 2.24) is 0 Å². The fourth-order valence-corrected chi connectivity index (χ4v) is 3.82. The van der Waals surface area contributed by atoms with Crippen molar-refractivity contribution < 1.29 is 0 Å². The molecule has 0 spiro atoms. The Labute approximate surface area is 130 Å². The Balaban J connectivity index is 2.08. The minimum Gasteiger partial charge on any atom is -0.0984 e. The maximum atomic E-state index is 4.05. The van der Waals surface area contributed by atoms with E-state index >= 15 is 0 Å². The van der Waals surface area contributed by atoms with Gasteiger partial charge in [0.1, 0.15) is 0 Å². The Morgan fingerprint density at radius 2 is 2.10 bits per heavy atom. The Kier molecular flexibility index (Phi) is 3.59. The second kappa shape index (κ2) is 5.16. The first-order valence-corrected chi connectivity index (χ1v) is 8.43. The molecule has 2 aliphatic rings. The zero-order valence-corrected chi connectivity index (χ0v) is 14.1. The molecule has 3 rings (SSSR count). The Hall–Kier alpha value is -1.30. The van der Waals surface area contributed by atoms with E-state index in [0.29, 0.717) is 5.41 Å². The third kappa shape index (κ3) is 2.61. The van der Waals surface area contributed by atoms with E-state index in [0.717, 1.165) is 5.92 Å². The monoisotopic (exact) mass is 280 g/mol. The fourth-order valence-electron chi connectivity index (χ4n) is 3.82. The van der Waals surface area contributed by atoms with Crippen LogP contribution < -0.4 is 0 Å². The summed E-state index contributed by atoms with van der Waals surface area (Å²) in [4.78, 5) is 0. The third-order valence-electron chi connectivity index (χ3n) is 5.77. The van der Waals surface area contributed by atoms with Crippen molar-refractivity contribution in [3.8, 4) is 0 Å². The second-order valence-electron chi connectivity index (χ2n) is 7.53. The Bertz CT molecular complexity index is 613. The Morgan fingerprint density at radius 3 is 2.67 bits per heavy atom. The topological polar surface area (TPSA) is 0 Å². The molecule has 1 unspecified atom stereocenters. The average molecular weight is 280 g/mol.